The minimum Gasteiger partial charge on any atom is -0.469 e. The average Bonchev–Trinajstić information content (AvgIpc) is 2.50. The molecule has 4 heteroatoms. The summed E-state index contributed by atoms with van der Waals surface area (Å²) in [4.78, 5) is 12.0. The van der Waals surface area contributed by atoms with Crippen LogP contribution in [0.15, 0.2) is 11.1 Å². The van der Waals surface area contributed by atoms with E-state index in [0.29, 0.717) is 17.9 Å². The summed E-state index contributed by atoms with van der Waals surface area (Å²) in [6.07, 6.45) is 3.57. The Balaban J connectivity index is 2.38. The molecule has 22 heavy (non-hydrogen) atoms. The van der Waals surface area contributed by atoms with Crippen LogP contribution in [0.5, 0.6) is 0 Å². The van der Waals surface area contributed by atoms with Crippen molar-refractivity contribution in [1.82, 2.24) is 0 Å². The number of ether oxygens (including phenoxy) is 1. The van der Waals surface area contributed by atoms with Crippen LogP contribution in [-0.2, 0) is 9.53 Å². The second kappa shape index (κ2) is 6.13. The molecule has 1 fully saturated rings. The Kier molecular flexibility index (Phi) is 4.61. The number of nitriles is 2. The number of allylic oxidation sites excluding steroid dienone is 2. The Labute approximate surface area is 132 Å². The van der Waals surface area contributed by atoms with Crippen LogP contribution in [0.3, 0.4) is 0 Å². The van der Waals surface area contributed by atoms with Gasteiger partial charge in [-0.05, 0) is 42.9 Å². The van der Waals surface area contributed by atoms with Gasteiger partial charge in [-0.2, -0.15) is 10.5 Å². The number of hydrogen-bond donors (Lipinski definition) is 0. The van der Waals surface area contributed by atoms with Crippen molar-refractivity contribution in [2.75, 3.05) is 7.11 Å². The molecule has 0 N–H and O–H groups in total. The first kappa shape index (κ1) is 16.6. The van der Waals surface area contributed by atoms with Gasteiger partial charge in [-0.25, -0.2) is 0 Å². The predicted molar refractivity (Wildman–Crippen MR) is 82.2 cm³/mol. The molecular weight excluding hydrogens is 276 g/mol. The zero-order valence-corrected chi connectivity index (χ0v) is 13.8. The van der Waals surface area contributed by atoms with Gasteiger partial charge in [0.25, 0.3) is 0 Å². The number of methoxy groups -OCH3 is 1. The van der Waals surface area contributed by atoms with Gasteiger partial charge in [-0.15, -0.1) is 0 Å². The third-order valence-electron chi connectivity index (χ3n) is 5.41. The predicted octanol–water partition coefficient (Wildman–Crippen LogP) is 3.60. The van der Waals surface area contributed by atoms with E-state index in [4.69, 9.17) is 4.74 Å². The van der Waals surface area contributed by atoms with E-state index in [-0.39, 0.29) is 17.3 Å². The van der Waals surface area contributed by atoms with Gasteiger partial charge < -0.3 is 4.74 Å². The van der Waals surface area contributed by atoms with Crippen molar-refractivity contribution in [1.29, 1.82) is 10.5 Å². The van der Waals surface area contributed by atoms with Crippen LogP contribution in [0.25, 0.3) is 0 Å². The van der Waals surface area contributed by atoms with Crippen molar-refractivity contribution in [3.8, 4) is 12.1 Å². The molecule has 0 aromatic carbocycles. The molecule has 4 unspecified atom stereocenters. The second-order valence-electron chi connectivity index (χ2n) is 7.56. The Bertz CT molecular complexity index is 571. The molecule has 2 rings (SSSR count). The molecule has 4 nitrogen and oxygen atoms in total. The fourth-order valence-electron chi connectivity index (χ4n) is 4.04. The quantitative estimate of drug-likeness (QED) is 0.693. The van der Waals surface area contributed by atoms with Crippen LogP contribution in [-0.4, -0.2) is 13.1 Å². The lowest BCUT2D eigenvalue weighted by Crippen LogP contribution is -2.37. The summed E-state index contributed by atoms with van der Waals surface area (Å²) < 4.78 is 4.87. The Morgan fingerprint density at radius 2 is 1.95 bits per heavy atom. The molecule has 0 bridgehead atoms. The van der Waals surface area contributed by atoms with E-state index >= 15 is 0 Å². The van der Waals surface area contributed by atoms with E-state index in [1.165, 1.54) is 7.11 Å². The standard InChI is InChI=1S/C18H24N2O2/c1-18(2,3)12-5-6-13-11(7-12)8-14(17(21)22-4)16(10-20)15(13)9-19/h11-12,14,16H,5-8H2,1-4H3. The van der Waals surface area contributed by atoms with Crippen LogP contribution in [0.2, 0.25) is 0 Å². The highest BCUT2D eigenvalue weighted by molar-refractivity contribution is 5.75. The topological polar surface area (TPSA) is 73.9 Å². The first-order valence-corrected chi connectivity index (χ1v) is 7.94. The molecule has 118 valence electrons. The largest absolute Gasteiger partial charge is 0.469 e. The van der Waals surface area contributed by atoms with Gasteiger partial charge in [0.2, 0.25) is 0 Å². The minimum atomic E-state index is -0.644. The normalized spacial score (nSPS) is 31.7. The highest BCUT2D eigenvalue weighted by Crippen LogP contribution is 2.50. The molecule has 0 radical (unpaired) electrons. The zero-order chi connectivity index (χ0) is 16.5. The molecule has 0 heterocycles. The zero-order valence-electron chi connectivity index (χ0n) is 13.8. The Morgan fingerprint density at radius 3 is 2.45 bits per heavy atom. The lowest BCUT2D eigenvalue weighted by molar-refractivity contribution is -0.147. The monoisotopic (exact) mass is 300 g/mol. The number of nitrogens with zero attached hydrogens (tertiary/aromatic N) is 2. The van der Waals surface area contributed by atoms with Crippen LogP contribution in [0.1, 0.15) is 46.5 Å². The van der Waals surface area contributed by atoms with Crippen molar-refractivity contribution in [3.05, 3.63) is 11.1 Å². The molecule has 0 aromatic rings. The summed E-state index contributed by atoms with van der Waals surface area (Å²) in [6, 6.07) is 4.38. The van der Waals surface area contributed by atoms with Gasteiger partial charge in [0, 0.05) is 5.57 Å². The summed E-state index contributed by atoms with van der Waals surface area (Å²) in [5, 5.41) is 19.0. The van der Waals surface area contributed by atoms with Crippen LogP contribution in [0.4, 0.5) is 0 Å². The lowest BCUT2D eigenvalue weighted by Gasteiger charge is -2.43. The van der Waals surface area contributed by atoms with Crippen molar-refractivity contribution in [2.24, 2.45) is 29.1 Å². The SMILES string of the molecule is COC(=O)C1CC2CC(C(C)(C)C)CCC2=C(C#N)C1C#N. The fourth-order valence-corrected chi connectivity index (χ4v) is 4.04. The van der Waals surface area contributed by atoms with Crippen molar-refractivity contribution >= 4 is 5.97 Å². The molecule has 0 aromatic heterocycles. The highest BCUT2D eigenvalue weighted by Gasteiger charge is 2.44. The van der Waals surface area contributed by atoms with Gasteiger partial charge in [0.15, 0.2) is 0 Å². The van der Waals surface area contributed by atoms with Gasteiger partial charge in [-0.3, -0.25) is 4.79 Å². The van der Waals surface area contributed by atoms with Crippen molar-refractivity contribution in [3.63, 3.8) is 0 Å². The minimum absolute atomic E-state index is 0.227. The van der Waals surface area contributed by atoms with Crippen LogP contribution < -0.4 is 0 Å². The maximum Gasteiger partial charge on any atom is 0.310 e. The molecule has 0 amide bonds. The molecule has 0 spiro atoms. The van der Waals surface area contributed by atoms with Gasteiger partial charge in [0.1, 0.15) is 0 Å². The van der Waals surface area contributed by atoms with E-state index in [2.05, 4.69) is 32.9 Å². The summed E-state index contributed by atoms with van der Waals surface area (Å²) in [5.41, 5.74) is 1.88. The molecular formula is C18H24N2O2. The highest BCUT2D eigenvalue weighted by atomic mass is 16.5. The van der Waals surface area contributed by atoms with E-state index in [1.54, 1.807) is 0 Å². The van der Waals surface area contributed by atoms with Gasteiger partial charge >= 0.3 is 5.97 Å². The maximum absolute atomic E-state index is 12.0. The summed E-state index contributed by atoms with van der Waals surface area (Å²) in [5.74, 6) is -0.692. The molecule has 0 saturated heterocycles. The van der Waals surface area contributed by atoms with E-state index in [0.717, 1.165) is 24.8 Å². The number of carbonyl (C=O) groups excluding carboxylic acids is 1. The maximum atomic E-state index is 12.0. The molecule has 0 aliphatic heterocycles. The molecule has 2 aliphatic carbocycles. The van der Waals surface area contributed by atoms with E-state index in [9.17, 15) is 15.3 Å². The average molecular weight is 300 g/mol. The molecule has 2 aliphatic rings. The third-order valence-corrected chi connectivity index (χ3v) is 5.41. The van der Waals surface area contributed by atoms with Crippen molar-refractivity contribution in [2.45, 2.75) is 46.5 Å². The third kappa shape index (κ3) is 2.88. The van der Waals surface area contributed by atoms with Crippen LogP contribution >= 0.6 is 0 Å². The van der Waals surface area contributed by atoms with Gasteiger partial charge in [0.05, 0.1) is 31.1 Å². The number of fused-ring (bicyclic) bond motifs is 1. The fraction of sp³-hybridized carbons (Fsp3) is 0.722. The smallest absolute Gasteiger partial charge is 0.310 e. The molecule has 1 saturated carbocycles. The summed E-state index contributed by atoms with van der Waals surface area (Å²) in [7, 11) is 1.35. The summed E-state index contributed by atoms with van der Waals surface area (Å²) >= 11 is 0. The van der Waals surface area contributed by atoms with E-state index in [1.807, 2.05) is 0 Å². The second-order valence-corrected chi connectivity index (χ2v) is 7.56. The van der Waals surface area contributed by atoms with E-state index < -0.39 is 11.8 Å². The van der Waals surface area contributed by atoms with Crippen LogP contribution in [0, 0.1) is 51.7 Å². The number of carbonyl (C=O) groups is 1. The lowest BCUT2D eigenvalue weighted by atomic mass is 9.60. The first-order chi connectivity index (χ1) is 10.3. The number of rotatable bonds is 1. The van der Waals surface area contributed by atoms with Gasteiger partial charge in [-0.1, -0.05) is 26.3 Å². The number of esters is 1. The Hall–Kier alpha value is -1.81. The summed E-state index contributed by atoms with van der Waals surface area (Å²) in [6.45, 7) is 6.74. The van der Waals surface area contributed by atoms with Crippen molar-refractivity contribution < 1.29 is 9.53 Å². The number of hydrogen-bond acceptors (Lipinski definition) is 4. The first-order valence-electron chi connectivity index (χ1n) is 7.94. The molecule has 4 atom stereocenters. The Morgan fingerprint density at radius 1 is 1.27 bits per heavy atom.